The summed E-state index contributed by atoms with van der Waals surface area (Å²) in [6.07, 6.45) is 0. The molecule has 0 atom stereocenters. The van der Waals surface area contributed by atoms with E-state index in [4.69, 9.17) is 47.3 Å². The van der Waals surface area contributed by atoms with Gasteiger partial charge in [-0.15, -0.1) is 0 Å². The maximum atomic E-state index is 6.25. The topological polar surface area (TPSA) is 95.2 Å². The van der Waals surface area contributed by atoms with E-state index >= 15 is 0 Å². The molecule has 0 aliphatic rings. The average molecular weight is 1110 g/mol. The minimum Gasteiger partial charge on any atom is -0.512 e. The summed E-state index contributed by atoms with van der Waals surface area (Å²) in [6, 6.07) is 0. The van der Waals surface area contributed by atoms with Crippen LogP contribution in [0.2, 0.25) is 0 Å². The molecule has 0 saturated carbocycles. The van der Waals surface area contributed by atoms with Crippen LogP contribution >= 0.6 is 31.7 Å². The Morgan fingerprint density at radius 3 is 0.354 bits per heavy atom. The van der Waals surface area contributed by atoms with Gasteiger partial charge in [-0.1, -0.05) is 0 Å². The summed E-state index contributed by atoms with van der Waals surface area (Å²) in [5, 5.41) is 29.0. The number of hydrogen-bond acceptors (Lipinski definition) is 4. The Balaban J connectivity index is -0.0000000886. The average Bonchev–Trinajstić information content (AvgIpc) is 2.78. The molecule has 0 N–H and O–H groups in total. The first-order valence-electron chi connectivity index (χ1n) is 16.3. The second-order valence-corrected chi connectivity index (χ2v) is 38.9. The largest absolute Gasteiger partial charge is 0.512 e. The zero-order valence-electron chi connectivity index (χ0n) is 35.8. The molecule has 0 saturated heterocycles. The van der Waals surface area contributed by atoms with Gasteiger partial charge >= 0.3 is 0 Å². The molecule has 0 radical (unpaired) electrons. The van der Waals surface area contributed by atoms with Crippen molar-refractivity contribution < 1.29 is 42.1 Å². The Labute approximate surface area is 338 Å². The summed E-state index contributed by atoms with van der Waals surface area (Å²) in [4.78, 5) is 0. The third kappa shape index (κ3) is 30.7. The molecule has 0 aromatic carbocycles. The van der Waals surface area contributed by atoms with Crippen molar-refractivity contribution in [3.63, 3.8) is 0 Å². The smallest absolute Gasteiger partial charge is 0.157 e. The van der Waals surface area contributed by atoms with Crippen molar-refractivity contribution in [3.05, 3.63) is 26.3 Å². The summed E-state index contributed by atoms with van der Waals surface area (Å²) in [5.41, 5.74) is 0. The van der Waals surface area contributed by atoms with Crippen LogP contribution < -0.4 is 0 Å². The first-order chi connectivity index (χ1) is 19.9. The van der Waals surface area contributed by atoms with Crippen LogP contribution in [0.5, 0.6) is 0 Å². The van der Waals surface area contributed by atoms with Crippen LogP contribution in [0.1, 0.15) is 166 Å². The van der Waals surface area contributed by atoms with Gasteiger partial charge in [0.15, 0.2) is 11.8 Å². The van der Waals surface area contributed by atoms with Gasteiger partial charge in [0, 0.05) is 73.8 Å². The van der Waals surface area contributed by atoms with Crippen LogP contribution in [0, 0.1) is 47.3 Å². The molecule has 0 unspecified atom stereocenters. The molecule has 0 aliphatic heterocycles. The third-order valence-electron chi connectivity index (χ3n) is 7.95. The molecule has 0 fully saturated rings. The van der Waals surface area contributed by atoms with E-state index in [-0.39, 0.29) is 42.1 Å². The molecular weight excluding hydrogens is 1030 g/mol. The number of rotatable bonds is 4. The van der Waals surface area contributed by atoms with Crippen molar-refractivity contribution in [1.29, 1.82) is 21.0 Å². The van der Waals surface area contributed by atoms with Gasteiger partial charge in [-0.3, -0.25) is 0 Å². The molecule has 0 aromatic heterocycles. The SMILES string of the molecule is CC(C)(C)[PH+](C[PH+](C(C)(C)C)C(C)(C)C)C(C)(C)C.CC(C)(C)[PH+](C[PH+](C(C)(C)C)C(C)(C)C)C(C)(C)C.[C-]#N.[C-]#N.[C-]#N.[C-]#N.[Pt].[Pt]. The molecule has 4 nitrogen and oxygen atoms in total. The second-order valence-electron chi connectivity index (χ2n) is 20.3. The Kier molecular flexibility index (Phi) is 37.5. The van der Waals surface area contributed by atoms with Crippen LogP contribution in [0.4, 0.5) is 0 Å². The van der Waals surface area contributed by atoms with Crippen LogP contribution in [-0.4, -0.2) is 53.1 Å². The molecule has 48 heavy (non-hydrogen) atoms. The molecule has 0 aromatic rings. The molecular formula is C38H80N4P4Pt2. The van der Waals surface area contributed by atoms with Crippen molar-refractivity contribution in [2.45, 2.75) is 207 Å². The molecule has 292 valence electrons. The normalized spacial score (nSPS) is 12.4. The Hall–Kier alpha value is 1.06. The Morgan fingerprint density at radius 1 is 0.250 bits per heavy atom. The van der Waals surface area contributed by atoms with Crippen molar-refractivity contribution in [2.24, 2.45) is 0 Å². The molecule has 0 spiro atoms. The van der Waals surface area contributed by atoms with Crippen molar-refractivity contribution in [3.8, 4) is 0 Å². The minimum atomic E-state index is -0.394. The predicted molar refractivity (Wildman–Crippen MR) is 221 cm³/mol. The van der Waals surface area contributed by atoms with Gasteiger partial charge in [0.25, 0.3) is 0 Å². The fourth-order valence-electron chi connectivity index (χ4n) is 6.97. The number of hydrogen-bond donors (Lipinski definition) is 0. The van der Waals surface area contributed by atoms with Crippen molar-refractivity contribution >= 4 is 31.7 Å². The van der Waals surface area contributed by atoms with Crippen LogP contribution in [0.15, 0.2) is 0 Å². The van der Waals surface area contributed by atoms with Gasteiger partial charge in [0.2, 0.25) is 0 Å². The quantitative estimate of drug-likeness (QED) is 0.207. The van der Waals surface area contributed by atoms with Gasteiger partial charge in [-0.25, -0.2) is 0 Å². The predicted octanol–water partition coefficient (Wildman–Crippen LogP) is 13.5. The fourth-order valence-corrected chi connectivity index (χ4v) is 35.8. The molecule has 10 heteroatoms. The Morgan fingerprint density at radius 2 is 0.312 bits per heavy atom. The van der Waals surface area contributed by atoms with Crippen molar-refractivity contribution in [1.82, 2.24) is 0 Å². The minimum absolute atomic E-state index is 0. The summed E-state index contributed by atoms with van der Waals surface area (Å²) in [6.45, 7) is 78.3. The maximum absolute atomic E-state index is 6.25. The zero-order valence-corrected chi connectivity index (χ0v) is 44.4. The first kappa shape index (κ1) is 67.2. The van der Waals surface area contributed by atoms with E-state index < -0.39 is 31.7 Å². The molecule has 0 rings (SSSR count). The van der Waals surface area contributed by atoms with Gasteiger partial charge in [-0.05, 0) is 166 Å². The monoisotopic (exact) mass is 1110 g/mol. The van der Waals surface area contributed by atoms with Crippen LogP contribution in [0.25, 0.3) is 0 Å². The summed E-state index contributed by atoms with van der Waals surface area (Å²) >= 11 is 0. The van der Waals surface area contributed by atoms with Gasteiger partial charge in [0.1, 0.15) is 0 Å². The number of nitrogens with zero attached hydrogens (tertiary/aromatic N) is 4. The zero-order chi connectivity index (χ0) is 39.7. The van der Waals surface area contributed by atoms with Crippen LogP contribution in [-0.2, 0) is 42.1 Å². The summed E-state index contributed by atoms with van der Waals surface area (Å²) in [7, 11) is -1.58. The molecule has 0 bridgehead atoms. The molecule has 0 amide bonds. The van der Waals surface area contributed by atoms with Gasteiger partial charge < -0.3 is 47.3 Å². The fraction of sp³-hybridized carbons (Fsp3) is 0.895. The Bertz CT molecular complexity index is 673. The van der Waals surface area contributed by atoms with E-state index in [0.717, 1.165) is 0 Å². The van der Waals surface area contributed by atoms with Crippen LogP contribution in [0.3, 0.4) is 0 Å². The van der Waals surface area contributed by atoms with E-state index in [1.165, 1.54) is 11.8 Å². The first-order valence-corrected chi connectivity index (χ1v) is 23.1. The van der Waals surface area contributed by atoms with E-state index in [0.29, 0.717) is 41.2 Å². The van der Waals surface area contributed by atoms with E-state index in [2.05, 4.69) is 166 Å². The summed E-state index contributed by atoms with van der Waals surface area (Å²) in [5.74, 6) is 3.05. The maximum Gasteiger partial charge on any atom is 0.157 e. The summed E-state index contributed by atoms with van der Waals surface area (Å²) < 4.78 is 0. The van der Waals surface area contributed by atoms with E-state index in [1.807, 2.05) is 0 Å². The second kappa shape index (κ2) is 26.8. The van der Waals surface area contributed by atoms with E-state index in [9.17, 15) is 0 Å². The molecule has 0 aliphatic carbocycles. The van der Waals surface area contributed by atoms with Gasteiger partial charge in [0.05, 0.1) is 41.2 Å². The van der Waals surface area contributed by atoms with E-state index in [1.54, 1.807) is 0 Å². The molecule has 0 heterocycles. The van der Waals surface area contributed by atoms with Crippen molar-refractivity contribution in [2.75, 3.05) is 11.8 Å². The van der Waals surface area contributed by atoms with Gasteiger partial charge in [-0.2, -0.15) is 0 Å². The standard InChI is InChI=1S/2C17H38P2.4CN.2Pt/c2*1-14(2,3)18(15(4,5)6)13-19(16(7,8)9)17(10,11)12;4*1-2;;/h2*13H2,1-12H3;;;;;;/q;;4*-1;;/p+4. The third-order valence-corrected chi connectivity index (χ3v) is 28.1.